The topological polar surface area (TPSA) is 64.1 Å². The zero-order valence-electron chi connectivity index (χ0n) is 8.57. The van der Waals surface area contributed by atoms with Gasteiger partial charge in [0.1, 0.15) is 11.4 Å². The number of furan rings is 1. The maximum absolute atomic E-state index is 5.42. The molecule has 2 aromatic rings. The molecule has 80 valence electrons. The van der Waals surface area contributed by atoms with Gasteiger partial charge in [-0.3, -0.25) is 0 Å². The van der Waals surface area contributed by atoms with E-state index in [0.29, 0.717) is 0 Å². The highest BCUT2D eigenvalue weighted by atomic mass is 16.3. The molecule has 4 heteroatoms. The number of unbranched alkanes of at least 4 members (excludes halogenated alkanes) is 1. The Morgan fingerprint density at radius 3 is 3.13 bits per heavy atom. The van der Waals surface area contributed by atoms with Crippen molar-refractivity contribution in [2.75, 3.05) is 18.4 Å². The summed E-state index contributed by atoms with van der Waals surface area (Å²) in [5.74, 6) is 0.887. The summed E-state index contributed by atoms with van der Waals surface area (Å²) < 4.78 is 5.29. The van der Waals surface area contributed by atoms with Crippen LogP contribution in [-0.2, 0) is 0 Å². The van der Waals surface area contributed by atoms with Crippen molar-refractivity contribution >= 4 is 16.8 Å². The lowest BCUT2D eigenvalue weighted by molar-refractivity contribution is 0.615. The van der Waals surface area contributed by atoms with E-state index in [4.69, 9.17) is 10.2 Å². The van der Waals surface area contributed by atoms with Crippen LogP contribution in [0.5, 0.6) is 0 Å². The number of aromatic nitrogens is 1. The molecular formula is C11H15N3O. The lowest BCUT2D eigenvalue weighted by Gasteiger charge is -2.05. The third-order valence-corrected chi connectivity index (χ3v) is 2.30. The second kappa shape index (κ2) is 4.79. The molecule has 0 spiro atoms. The molecule has 2 heterocycles. The Balaban J connectivity index is 2.04. The summed E-state index contributed by atoms with van der Waals surface area (Å²) in [4.78, 5) is 4.27. The molecule has 0 unspecified atom stereocenters. The van der Waals surface area contributed by atoms with Crippen LogP contribution in [-0.4, -0.2) is 18.1 Å². The Hall–Kier alpha value is -1.55. The zero-order chi connectivity index (χ0) is 10.5. The van der Waals surface area contributed by atoms with Crippen LogP contribution in [0.15, 0.2) is 29.0 Å². The van der Waals surface area contributed by atoms with Gasteiger partial charge in [0.2, 0.25) is 0 Å². The molecule has 2 rings (SSSR count). The van der Waals surface area contributed by atoms with Gasteiger partial charge in [0, 0.05) is 12.7 Å². The molecule has 0 amide bonds. The van der Waals surface area contributed by atoms with Gasteiger partial charge in [0.15, 0.2) is 0 Å². The Morgan fingerprint density at radius 1 is 1.33 bits per heavy atom. The molecule has 0 aliphatic rings. The van der Waals surface area contributed by atoms with E-state index in [9.17, 15) is 0 Å². The standard InChI is InChI=1S/C11H15N3O/c12-5-1-2-6-13-11-9-4-8-15-10(9)3-7-14-11/h3-4,7-8H,1-2,5-6,12H2,(H,13,14). The van der Waals surface area contributed by atoms with E-state index in [1.807, 2.05) is 12.1 Å². The summed E-state index contributed by atoms with van der Waals surface area (Å²) in [5, 5.41) is 4.31. The summed E-state index contributed by atoms with van der Waals surface area (Å²) in [6, 6.07) is 3.79. The first kappa shape index (κ1) is 9.98. The van der Waals surface area contributed by atoms with Crippen molar-refractivity contribution in [3.05, 3.63) is 24.6 Å². The van der Waals surface area contributed by atoms with Gasteiger partial charge in [-0.15, -0.1) is 0 Å². The molecule has 0 fully saturated rings. The highest BCUT2D eigenvalue weighted by Crippen LogP contribution is 2.21. The van der Waals surface area contributed by atoms with Gasteiger partial charge in [-0.2, -0.15) is 0 Å². The first-order valence-electron chi connectivity index (χ1n) is 5.18. The zero-order valence-corrected chi connectivity index (χ0v) is 8.57. The lowest BCUT2D eigenvalue weighted by atomic mass is 10.3. The van der Waals surface area contributed by atoms with E-state index in [0.717, 1.165) is 42.7 Å². The number of nitrogens with zero attached hydrogens (tertiary/aromatic N) is 1. The van der Waals surface area contributed by atoms with Crippen LogP contribution in [0.25, 0.3) is 11.0 Å². The van der Waals surface area contributed by atoms with Crippen LogP contribution in [0.3, 0.4) is 0 Å². The van der Waals surface area contributed by atoms with Crippen molar-refractivity contribution in [2.24, 2.45) is 5.73 Å². The molecule has 0 aliphatic carbocycles. The number of fused-ring (bicyclic) bond motifs is 1. The number of rotatable bonds is 5. The number of nitrogens with two attached hydrogens (primary N) is 1. The lowest BCUT2D eigenvalue weighted by Crippen LogP contribution is -2.06. The summed E-state index contributed by atoms with van der Waals surface area (Å²) in [7, 11) is 0. The van der Waals surface area contributed by atoms with E-state index in [2.05, 4.69) is 10.3 Å². The SMILES string of the molecule is NCCCCNc1nccc2occc12. The minimum atomic E-state index is 0.741. The van der Waals surface area contributed by atoms with E-state index in [1.165, 1.54) is 0 Å². The van der Waals surface area contributed by atoms with Crippen LogP contribution in [0.1, 0.15) is 12.8 Å². The Labute approximate surface area is 88.5 Å². The van der Waals surface area contributed by atoms with Gasteiger partial charge in [-0.1, -0.05) is 0 Å². The average molecular weight is 205 g/mol. The maximum Gasteiger partial charge on any atom is 0.139 e. The normalized spacial score (nSPS) is 10.7. The van der Waals surface area contributed by atoms with E-state index in [1.54, 1.807) is 12.5 Å². The second-order valence-electron chi connectivity index (χ2n) is 3.41. The number of hydrogen-bond donors (Lipinski definition) is 2. The van der Waals surface area contributed by atoms with Crippen molar-refractivity contribution in [1.82, 2.24) is 4.98 Å². The molecule has 15 heavy (non-hydrogen) atoms. The molecule has 0 saturated heterocycles. The minimum Gasteiger partial charge on any atom is -0.464 e. The molecule has 0 radical (unpaired) electrons. The molecule has 0 atom stereocenters. The summed E-state index contributed by atoms with van der Waals surface area (Å²) >= 11 is 0. The quantitative estimate of drug-likeness (QED) is 0.732. The van der Waals surface area contributed by atoms with Gasteiger partial charge in [-0.25, -0.2) is 4.98 Å². The van der Waals surface area contributed by atoms with Crippen LogP contribution >= 0.6 is 0 Å². The first-order chi connectivity index (χ1) is 7.42. The third-order valence-electron chi connectivity index (χ3n) is 2.30. The fourth-order valence-electron chi connectivity index (χ4n) is 1.51. The van der Waals surface area contributed by atoms with Crippen molar-refractivity contribution in [1.29, 1.82) is 0 Å². The highest BCUT2D eigenvalue weighted by Gasteiger charge is 2.02. The molecule has 0 aliphatic heterocycles. The van der Waals surface area contributed by atoms with Crippen molar-refractivity contribution in [3.63, 3.8) is 0 Å². The Morgan fingerprint density at radius 2 is 2.27 bits per heavy atom. The molecule has 0 bridgehead atoms. The number of pyridine rings is 1. The summed E-state index contributed by atoms with van der Waals surface area (Å²) in [6.45, 7) is 1.64. The fourth-order valence-corrected chi connectivity index (χ4v) is 1.51. The van der Waals surface area contributed by atoms with E-state index >= 15 is 0 Å². The van der Waals surface area contributed by atoms with Crippen molar-refractivity contribution in [3.8, 4) is 0 Å². The smallest absolute Gasteiger partial charge is 0.139 e. The maximum atomic E-state index is 5.42. The average Bonchev–Trinajstić information content (AvgIpc) is 2.73. The van der Waals surface area contributed by atoms with Gasteiger partial charge >= 0.3 is 0 Å². The van der Waals surface area contributed by atoms with Crippen LogP contribution < -0.4 is 11.1 Å². The largest absolute Gasteiger partial charge is 0.464 e. The van der Waals surface area contributed by atoms with Gasteiger partial charge < -0.3 is 15.5 Å². The predicted octanol–water partition coefficient (Wildman–Crippen LogP) is 1.98. The molecular weight excluding hydrogens is 190 g/mol. The number of hydrogen-bond acceptors (Lipinski definition) is 4. The number of nitrogens with one attached hydrogen (secondary N) is 1. The third kappa shape index (κ3) is 2.27. The molecule has 0 saturated carbocycles. The van der Waals surface area contributed by atoms with Gasteiger partial charge in [0.25, 0.3) is 0 Å². The summed E-state index contributed by atoms with van der Waals surface area (Å²) in [6.07, 6.45) is 5.52. The van der Waals surface area contributed by atoms with Crippen molar-refractivity contribution < 1.29 is 4.42 Å². The molecule has 3 N–H and O–H groups in total. The highest BCUT2D eigenvalue weighted by molar-refractivity contribution is 5.87. The molecule has 4 nitrogen and oxygen atoms in total. The monoisotopic (exact) mass is 205 g/mol. The second-order valence-corrected chi connectivity index (χ2v) is 3.41. The fraction of sp³-hybridized carbons (Fsp3) is 0.364. The van der Waals surface area contributed by atoms with Crippen molar-refractivity contribution in [2.45, 2.75) is 12.8 Å². The first-order valence-corrected chi connectivity index (χ1v) is 5.18. The molecule has 0 aromatic carbocycles. The van der Waals surface area contributed by atoms with Gasteiger partial charge in [0.05, 0.1) is 11.6 Å². The number of anilines is 1. The van der Waals surface area contributed by atoms with Gasteiger partial charge in [-0.05, 0) is 31.5 Å². The Kier molecular flexibility index (Phi) is 3.19. The predicted molar refractivity (Wildman–Crippen MR) is 60.8 cm³/mol. The minimum absolute atomic E-state index is 0.741. The Bertz CT molecular complexity index is 424. The van der Waals surface area contributed by atoms with E-state index < -0.39 is 0 Å². The van der Waals surface area contributed by atoms with Crippen LogP contribution in [0, 0.1) is 0 Å². The van der Waals surface area contributed by atoms with Crippen LogP contribution in [0.2, 0.25) is 0 Å². The van der Waals surface area contributed by atoms with E-state index in [-0.39, 0.29) is 0 Å². The van der Waals surface area contributed by atoms with Crippen LogP contribution in [0.4, 0.5) is 5.82 Å². The molecule has 2 aromatic heterocycles. The summed E-state index contributed by atoms with van der Waals surface area (Å²) in [5.41, 5.74) is 6.29.